The van der Waals surface area contributed by atoms with Crippen LogP contribution in [0.15, 0.2) is 36.5 Å². The summed E-state index contributed by atoms with van der Waals surface area (Å²) < 4.78 is 1.90. The lowest BCUT2D eigenvalue weighted by atomic mass is 10.1. The molecule has 5 heteroatoms. The van der Waals surface area contributed by atoms with Crippen molar-refractivity contribution in [1.29, 1.82) is 0 Å². The van der Waals surface area contributed by atoms with Crippen molar-refractivity contribution >= 4 is 5.97 Å². The summed E-state index contributed by atoms with van der Waals surface area (Å²) in [6, 6.07) is 9.33. The van der Waals surface area contributed by atoms with Crippen LogP contribution in [0.5, 0.6) is 0 Å². The van der Waals surface area contributed by atoms with Crippen LogP contribution in [-0.2, 0) is 13.1 Å². The van der Waals surface area contributed by atoms with E-state index in [2.05, 4.69) is 24.3 Å². The molecular formula is C15H19N3O2. The number of hydrogen-bond donors (Lipinski definition) is 2. The van der Waals surface area contributed by atoms with E-state index in [0.717, 1.165) is 11.3 Å². The summed E-state index contributed by atoms with van der Waals surface area (Å²) >= 11 is 0. The third kappa shape index (κ3) is 3.45. The van der Waals surface area contributed by atoms with Gasteiger partial charge in [-0.1, -0.05) is 18.2 Å². The molecule has 0 aliphatic carbocycles. The van der Waals surface area contributed by atoms with E-state index in [4.69, 9.17) is 5.11 Å². The predicted octanol–water partition coefficient (Wildman–Crippen LogP) is 2.45. The molecule has 2 N–H and O–H groups in total. The number of carbonyl (C=O) groups is 1. The van der Waals surface area contributed by atoms with E-state index in [1.54, 1.807) is 12.1 Å². The normalized spacial score (nSPS) is 10.9. The van der Waals surface area contributed by atoms with E-state index in [-0.39, 0.29) is 0 Å². The van der Waals surface area contributed by atoms with Gasteiger partial charge < -0.3 is 10.4 Å². The molecule has 20 heavy (non-hydrogen) atoms. The first-order valence-electron chi connectivity index (χ1n) is 6.64. The standard InChI is InChI=1S/C15H19N3O2/c1-11(2)18-8-7-13(17-18)10-16-9-12-5-3-4-6-14(12)15(19)20/h3-8,11,16H,9-10H2,1-2H3,(H,19,20). The van der Waals surface area contributed by atoms with Crippen molar-refractivity contribution in [2.75, 3.05) is 0 Å². The van der Waals surface area contributed by atoms with Crippen LogP contribution in [0.25, 0.3) is 0 Å². The fourth-order valence-electron chi connectivity index (χ4n) is 1.97. The summed E-state index contributed by atoms with van der Waals surface area (Å²) in [6.07, 6.45) is 1.95. The summed E-state index contributed by atoms with van der Waals surface area (Å²) in [6.45, 7) is 5.28. The molecule has 1 aromatic carbocycles. The highest BCUT2D eigenvalue weighted by Crippen LogP contribution is 2.09. The number of rotatable bonds is 6. The Labute approximate surface area is 118 Å². The van der Waals surface area contributed by atoms with Gasteiger partial charge in [0.25, 0.3) is 0 Å². The van der Waals surface area contributed by atoms with Gasteiger partial charge in [0, 0.05) is 25.3 Å². The van der Waals surface area contributed by atoms with Crippen LogP contribution in [0.3, 0.4) is 0 Å². The van der Waals surface area contributed by atoms with E-state index in [1.807, 2.05) is 29.1 Å². The molecular weight excluding hydrogens is 254 g/mol. The quantitative estimate of drug-likeness (QED) is 0.848. The SMILES string of the molecule is CC(C)n1ccc(CNCc2ccccc2C(=O)O)n1. The Hall–Kier alpha value is -2.14. The minimum atomic E-state index is -0.897. The Morgan fingerprint density at radius 3 is 2.70 bits per heavy atom. The summed E-state index contributed by atoms with van der Waals surface area (Å²) in [5, 5.41) is 16.8. The molecule has 1 heterocycles. The molecule has 0 fully saturated rings. The Balaban J connectivity index is 1.94. The third-order valence-corrected chi connectivity index (χ3v) is 3.06. The Bertz CT molecular complexity index is 590. The molecule has 0 radical (unpaired) electrons. The first-order chi connectivity index (χ1) is 9.58. The topological polar surface area (TPSA) is 67.2 Å². The van der Waals surface area contributed by atoms with Crippen molar-refractivity contribution in [2.45, 2.75) is 33.0 Å². The number of nitrogens with zero attached hydrogens (tertiary/aromatic N) is 2. The molecule has 1 aromatic heterocycles. The maximum atomic E-state index is 11.1. The number of hydrogen-bond acceptors (Lipinski definition) is 3. The lowest BCUT2D eigenvalue weighted by Gasteiger charge is -2.07. The van der Waals surface area contributed by atoms with Gasteiger partial charge in [0.05, 0.1) is 11.3 Å². The van der Waals surface area contributed by atoms with Crippen molar-refractivity contribution in [3.63, 3.8) is 0 Å². The van der Waals surface area contributed by atoms with Crippen LogP contribution in [0.1, 0.15) is 41.5 Å². The first kappa shape index (κ1) is 14.3. The summed E-state index contributed by atoms with van der Waals surface area (Å²) in [5.74, 6) is -0.897. The first-order valence-corrected chi connectivity index (χ1v) is 6.64. The number of carboxylic acid groups (broad SMARTS) is 1. The van der Waals surface area contributed by atoms with Gasteiger partial charge in [-0.3, -0.25) is 4.68 Å². The van der Waals surface area contributed by atoms with Crippen molar-refractivity contribution in [3.05, 3.63) is 53.3 Å². The average Bonchev–Trinajstić information content (AvgIpc) is 2.88. The highest BCUT2D eigenvalue weighted by molar-refractivity contribution is 5.89. The fraction of sp³-hybridized carbons (Fsp3) is 0.333. The minimum Gasteiger partial charge on any atom is -0.478 e. The van der Waals surface area contributed by atoms with Crippen LogP contribution in [-0.4, -0.2) is 20.9 Å². The van der Waals surface area contributed by atoms with Gasteiger partial charge in [0.2, 0.25) is 0 Å². The van der Waals surface area contributed by atoms with Gasteiger partial charge in [-0.25, -0.2) is 4.79 Å². The maximum absolute atomic E-state index is 11.1. The second-order valence-corrected chi connectivity index (χ2v) is 4.95. The van der Waals surface area contributed by atoms with Crippen LogP contribution in [0.4, 0.5) is 0 Å². The zero-order valence-corrected chi connectivity index (χ0v) is 11.7. The second-order valence-electron chi connectivity index (χ2n) is 4.95. The molecule has 0 unspecified atom stereocenters. The predicted molar refractivity (Wildman–Crippen MR) is 76.6 cm³/mol. The van der Waals surface area contributed by atoms with E-state index in [9.17, 15) is 4.79 Å². The molecule has 0 saturated carbocycles. The molecule has 5 nitrogen and oxygen atoms in total. The summed E-state index contributed by atoms with van der Waals surface area (Å²) in [4.78, 5) is 11.1. The third-order valence-electron chi connectivity index (χ3n) is 3.06. The lowest BCUT2D eigenvalue weighted by Crippen LogP contribution is -2.16. The number of aromatic nitrogens is 2. The van der Waals surface area contributed by atoms with Crippen molar-refractivity contribution in [2.24, 2.45) is 0 Å². The largest absolute Gasteiger partial charge is 0.478 e. The highest BCUT2D eigenvalue weighted by atomic mass is 16.4. The number of carboxylic acids is 1. The molecule has 106 valence electrons. The van der Waals surface area contributed by atoms with Crippen molar-refractivity contribution in [3.8, 4) is 0 Å². The monoisotopic (exact) mass is 273 g/mol. The van der Waals surface area contributed by atoms with Gasteiger partial charge >= 0.3 is 5.97 Å². The molecule has 0 amide bonds. The van der Waals surface area contributed by atoms with Gasteiger partial charge in [-0.05, 0) is 31.5 Å². The number of nitrogens with one attached hydrogen (secondary N) is 1. The maximum Gasteiger partial charge on any atom is 0.336 e. The Morgan fingerprint density at radius 1 is 1.30 bits per heavy atom. The van der Waals surface area contributed by atoms with Gasteiger partial charge in [0.1, 0.15) is 0 Å². The molecule has 0 spiro atoms. The van der Waals surface area contributed by atoms with E-state index < -0.39 is 5.97 Å². The van der Waals surface area contributed by atoms with Crippen LogP contribution in [0.2, 0.25) is 0 Å². The minimum absolute atomic E-state index is 0.340. The highest BCUT2D eigenvalue weighted by Gasteiger charge is 2.08. The van der Waals surface area contributed by atoms with E-state index in [1.165, 1.54) is 0 Å². The molecule has 0 bridgehead atoms. The molecule has 2 rings (SSSR count). The van der Waals surface area contributed by atoms with Crippen LogP contribution in [0, 0.1) is 0 Å². The Morgan fingerprint density at radius 2 is 2.05 bits per heavy atom. The average molecular weight is 273 g/mol. The lowest BCUT2D eigenvalue weighted by molar-refractivity contribution is 0.0695. The van der Waals surface area contributed by atoms with E-state index >= 15 is 0 Å². The van der Waals surface area contributed by atoms with Crippen LogP contribution >= 0.6 is 0 Å². The summed E-state index contributed by atoms with van der Waals surface area (Å²) in [7, 11) is 0. The van der Waals surface area contributed by atoms with Gasteiger partial charge in [-0.2, -0.15) is 5.10 Å². The van der Waals surface area contributed by atoms with Crippen molar-refractivity contribution in [1.82, 2.24) is 15.1 Å². The zero-order valence-electron chi connectivity index (χ0n) is 11.7. The summed E-state index contributed by atoms with van der Waals surface area (Å²) in [5.41, 5.74) is 2.07. The van der Waals surface area contributed by atoms with Crippen molar-refractivity contribution < 1.29 is 9.90 Å². The molecule has 2 aromatic rings. The molecule has 0 saturated heterocycles. The fourth-order valence-corrected chi connectivity index (χ4v) is 1.97. The Kier molecular flexibility index (Phi) is 4.53. The second kappa shape index (κ2) is 6.34. The number of benzene rings is 1. The van der Waals surface area contributed by atoms with Crippen LogP contribution < -0.4 is 5.32 Å². The molecule has 0 aliphatic heterocycles. The number of aromatic carboxylic acids is 1. The molecule has 0 atom stereocenters. The smallest absolute Gasteiger partial charge is 0.336 e. The van der Waals surface area contributed by atoms with Gasteiger partial charge in [0.15, 0.2) is 0 Å². The van der Waals surface area contributed by atoms with Gasteiger partial charge in [-0.15, -0.1) is 0 Å². The molecule has 0 aliphatic rings. The zero-order chi connectivity index (χ0) is 14.5. The van der Waals surface area contributed by atoms with E-state index in [0.29, 0.717) is 24.7 Å².